The first-order valence-electron chi connectivity index (χ1n) is 10.7. The minimum atomic E-state index is -0.763. The molecule has 3 aromatic rings. The summed E-state index contributed by atoms with van der Waals surface area (Å²) in [6, 6.07) is 12.6. The van der Waals surface area contributed by atoms with Gasteiger partial charge in [-0.25, -0.2) is 0 Å². The van der Waals surface area contributed by atoms with Gasteiger partial charge in [0.2, 0.25) is 11.5 Å². The molecule has 0 bridgehead atoms. The lowest BCUT2D eigenvalue weighted by molar-refractivity contribution is -0.0125. The van der Waals surface area contributed by atoms with Crippen LogP contribution < -0.4 is 23.7 Å². The average molecular weight is 478 g/mol. The third kappa shape index (κ3) is 3.95. The highest BCUT2D eigenvalue weighted by molar-refractivity contribution is 6.14. The van der Waals surface area contributed by atoms with E-state index in [0.717, 1.165) is 0 Å². The number of ether oxygens (including phenoxy) is 5. The van der Waals surface area contributed by atoms with Gasteiger partial charge in [0.1, 0.15) is 11.5 Å². The van der Waals surface area contributed by atoms with E-state index >= 15 is 0 Å². The summed E-state index contributed by atoms with van der Waals surface area (Å²) in [6.45, 7) is -0.346. The van der Waals surface area contributed by atoms with Crippen LogP contribution in [0, 0.1) is 0 Å². The normalized spacial score (nSPS) is 19.3. The molecule has 5 rings (SSSR count). The summed E-state index contributed by atoms with van der Waals surface area (Å²) < 4.78 is 28.2. The van der Waals surface area contributed by atoms with Gasteiger partial charge in [-0.15, -0.1) is 0 Å². The molecule has 0 aliphatic carbocycles. The van der Waals surface area contributed by atoms with Gasteiger partial charge in [-0.05, 0) is 48.0 Å². The molecule has 9 heteroatoms. The van der Waals surface area contributed by atoms with E-state index in [0.29, 0.717) is 33.9 Å². The van der Waals surface area contributed by atoms with Crippen molar-refractivity contribution in [2.45, 2.75) is 12.2 Å². The molecular formula is C26H22O9. The van der Waals surface area contributed by atoms with E-state index in [1.54, 1.807) is 36.4 Å². The number of benzene rings is 3. The molecule has 3 aromatic carbocycles. The molecule has 2 atom stereocenters. The number of allylic oxidation sites excluding steroid dienone is 1. The Kier molecular flexibility index (Phi) is 5.62. The van der Waals surface area contributed by atoms with Gasteiger partial charge in [0.15, 0.2) is 41.0 Å². The number of hydrogen-bond donors (Lipinski definition) is 3. The summed E-state index contributed by atoms with van der Waals surface area (Å²) >= 11 is 0. The Morgan fingerprint density at radius 2 is 1.66 bits per heavy atom. The number of rotatable bonds is 5. The summed E-state index contributed by atoms with van der Waals surface area (Å²) in [4.78, 5) is 12.6. The number of carbonyl (C=O) groups is 1. The van der Waals surface area contributed by atoms with Gasteiger partial charge in [-0.3, -0.25) is 4.79 Å². The number of carbonyl (C=O) groups excluding carboxylic acids is 1. The lowest BCUT2D eigenvalue weighted by atomic mass is 10.0. The fourth-order valence-corrected chi connectivity index (χ4v) is 4.06. The summed E-state index contributed by atoms with van der Waals surface area (Å²) in [5, 5.41) is 29.8. The third-order valence-electron chi connectivity index (χ3n) is 5.80. The Morgan fingerprint density at radius 1 is 0.914 bits per heavy atom. The lowest BCUT2D eigenvalue weighted by Gasteiger charge is -2.33. The SMILES string of the molecule is COc1cc(C2Oc3ccc(/C=C4/Oc5cc(O)ccc5C4=O)cc3OC2CO)cc(OC)c1O. The maximum atomic E-state index is 12.6. The Hall–Kier alpha value is -4.37. The van der Waals surface area contributed by atoms with E-state index in [-0.39, 0.29) is 41.1 Å². The van der Waals surface area contributed by atoms with E-state index in [9.17, 15) is 20.1 Å². The lowest BCUT2D eigenvalue weighted by Crippen LogP contribution is -2.36. The van der Waals surface area contributed by atoms with E-state index in [4.69, 9.17) is 23.7 Å². The third-order valence-corrected chi connectivity index (χ3v) is 5.80. The van der Waals surface area contributed by atoms with Gasteiger partial charge in [0.25, 0.3) is 0 Å². The molecule has 2 unspecified atom stereocenters. The number of phenols is 2. The van der Waals surface area contributed by atoms with Crippen LogP contribution in [0.2, 0.25) is 0 Å². The highest BCUT2D eigenvalue weighted by Crippen LogP contribution is 2.45. The zero-order valence-corrected chi connectivity index (χ0v) is 18.8. The summed E-state index contributed by atoms with van der Waals surface area (Å²) in [5.41, 5.74) is 1.57. The van der Waals surface area contributed by atoms with Crippen molar-refractivity contribution in [2.75, 3.05) is 20.8 Å². The second kappa shape index (κ2) is 8.77. The highest BCUT2D eigenvalue weighted by Gasteiger charge is 2.34. The minimum absolute atomic E-state index is 0.00518. The molecule has 0 radical (unpaired) electrons. The first-order chi connectivity index (χ1) is 16.9. The molecule has 0 saturated carbocycles. The molecule has 0 fully saturated rings. The Labute approximate surface area is 200 Å². The number of ketones is 1. The molecule has 2 heterocycles. The number of aliphatic hydroxyl groups excluding tert-OH is 1. The van der Waals surface area contributed by atoms with Crippen molar-refractivity contribution in [3.8, 4) is 40.2 Å². The summed E-state index contributed by atoms with van der Waals surface area (Å²) in [5.74, 6) is 1.18. The predicted molar refractivity (Wildman–Crippen MR) is 124 cm³/mol. The standard InChI is InChI=1S/C26H22O9/c1-31-20-9-14(10-21(32-2)25(20)30)26-23(12-27)34-19-7-13(3-6-17(19)35-26)8-22-24(29)16-5-4-15(28)11-18(16)33-22/h3-11,23,26-28,30H,12H2,1-2H3/b22-8+. The van der Waals surface area contributed by atoms with Gasteiger partial charge in [-0.1, -0.05) is 6.07 Å². The number of phenolic OH excluding ortho intramolecular Hbond substituents is 2. The largest absolute Gasteiger partial charge is 0.508 e. The molecule has 2 aliphatic heterocycles. The van der Waals surface area contributed by atoms with Crippen LogP contribution in [-0.2, 0) is 0 Å². The minimum Gasteiger partial charge on any atom is -0.508 e. The quantitative estimate of drug-likeness (QED) is 0.472. The first kappa shape index (κ1) is 22.4. The van der Waals surface area contributed by atoms with Gasteiger partial charge < -0.3 is 39.0 Å². The molecule has 0 amide bonds. The highest BCUT2D eigenvalue weighted by atomic mass is 16.6. The summed E-state index contributed by atoms with van der Waals surface area (Å²) in [7, 11) is 2.84. The number of aromatic hydroxyl groups is 2. The molecule has 0 aromatic heterocycles. The Bertz CT molecular complexity index is 1320. The first-order valence-corrected chi connectivity index (χ1v) is 10.7. The topological polar surface area (TPSA) is 124 Å². The van der Waals surface area contributed by atoms with Crippen LogP contribution >= 0.6 is 0 Å². The van der Waals surface area contributed by atoms with Crippen molar-refractivity contribution < 1.29 is 43.8 Å². The molecule has 3 N–H and O–H groups in total. The average Bonchev–Trinajstić information content (AvgIpc) is 3.17. The van der Waals surface area contributed by atoms with Crippen molar-refractivity contribution in [2.24, 2.45) is 0 Å². The fraction of sp³-hybridized carbons (Fsp3) is 0.192. The van der Waals surface area contributed by atoms with Crippen molar-refractivity contribution in [3.63, 3.8) is 0 Å². The maximum Gasteiger partial charge on any atom is 0.231 e. The fourth-order valence-electron chi connectivity index (χ4n) is 4.06. The second-order valence-electron chi connectivity index (χ2n) is 7.98. The molecular weight excluding hydrogens is 456 g/mol. The molecule has 0 saturated heterocycles. The van der Waals surface area contributed by atoms with Crippen LogP contribution in [0.5, 0.6) is 40.2 Å². The van der Waals surface area contributed by atoms with E-state index < -0.39 is 12.2 Å². The number of fused-ring (bicyclic) bond motifs is 2. The molecule has 180 valence electrons. The van der Waals surface area contributed by atoms with Crippen LogP contribution in [-0.4, -0.2) is 48.0 Å². The van der Waals surface area contributed by atoms with Crippen molar-refractivity contribution in [1.82, 2.24) is 0 Å². The van der Waals surface area contributed by atoms with Crippen LogP contribution in [0.25, 0.3) is 6.08 Å². The Balaban J connectivity index is 1.44. The van der Waals surface area contributed by atoms with E-state index in [2.05, 4.69) is 0 Å². The van der Waals surface area contributed by atoms with Crippen LogP contribution in [0.4, 0.5) is 0 Å². The number of hydrogen-bond acceptors (Lipinski definition) is 9. The molecule has 2 aliphatic rings. The van der Waals surface area contributed by atoms with Gasteiger partial charge in [-0.2, -0.15) is 0 Å². The van der Waals surface area contributed by atoms with E-state index in [1.165, 1.54) is 32.4 Å². The zero-order chi connectivity index (χ0) is 24.7. The molecule has 0 spiro atoms. The number of aliphatic hydroxyl groups is 1. The number of methoxy groups -OCH3 is 2. The number of Topliss-reactive ketones (excluding diaryl/α,β-unsaturated/α-hetero) is 1. The zero-order valence-electron chi connectivity index (χ0n) is 18.8. The maximum absolute atomic E-state index is 12.6. The smallest absolute Gasteiger partial charge is 0.231 e. The van der Waals surface area contributed by atoms with Crippen molar-refractivity contribution in [1.29, 1.82) is 0 Å². The summed E-state index contributed by atoms with van der Waals surface area (Å²) in [6.07, 6.45) is 0.0987. The van der Waals surface area contributed by atoms with Crippen molar-refractivity contribution >= 4 is 11.9 Å². The van der Waals surface area contributed by atoms with Crippen LogP contribution in [0.15, 0.2) is 54.3 Å². The molecule has 35 heavy (non-hydrogen) atoms. The second-order valence-corrected chi connectivity index (χ2v) is 7.98. The van der Waals surface area contributed by atoms with Gasteiger partial charge in [0.05, 0.1) is 26.4 Å². The van der Waals surface area contributed by atoms with Crippen molar-refractivity contribution in [3.05, 3.63) is 71.0 Å². The van der Waals surface area contributed by atoms with Crippen LogP contribution in [0.1, 0.15) is 27.6 Å². The van der Waals surface area contributed by atoms with Gasteiger partial charge >= 0.3 is 0 Å². The van der Waals surface area contributed by atoms with Crippen LogP contribution in [0.3, 0.4) is 0 Å². The van der Waals surface area contributed by atoms with E-state index in [1.807, 2.05) is 0 Å². The monoisotopic (exact) mass is 478 g/mol. The molecule has 9 nitrogen and oxygen atoms in total. The Morgan fingerprint density at radius 3 is 2.34 bits per heavy atom. The predicted octanol–water partition coefficient (Wildman–Crippen LogP) is 3.60. The van der Waals surface area contributed by atoms with Gasteiger partial charge in [0, 0.05) is 11.6 Å².